The molecule has 1 unspecified atom stereocenters. The van der Waals surface area contributed by atoms with E-state index in [1.54, 1.807) is 6.07 Å². The standard InChI is InChI=1S/C15H20N2O3/c16-9-4-2-1-3-6-12-7-5-8-13(10-12)15(20)17-11-14(18)19/h3,5-8,10,14-15,17-20H,1-2,4,11H2/b6-3-. The van der Waals surface area contributed by atoms with Crippen molar-refractivity contribution in [2.24, 2.45) is 0 Å². The predicted molar refractivity (Wildman–Crippen MR) is 76.1 cm³/mol. The molecule has 1 aromatic rings. The molecule has 0 saturated carbocycles. The number of hydrogen-bond acceptors (Lipinski definition) is 5. The highest BCUT2D eigenvalue weighted by atomic mass is 16.5. The summed E-state index contributed by atoms with van der Waals surface area (Å²) >= 11 is 0. The van der Waals surface area contributed by atoms with Crippen LogP contribution in [0.2, 0.25) is 0 Å². The van der Waals surface area contributed by atoms with Crippen LogP contribution in [0.3, 0.4) is 0 Å². The lowest BCUT2D eigenvalue weighted by atomic mass is 10.1. The Kier molecular flexibility index (Phi) is 7.55. The van der Waals surface area contributed by atoms with Crippen LogP contribution in [0.4, 0.5) is 0 Å². The topological polar surface area (TPSA) is 96.5 Å². The second-order valence-electron chi connectivity index (χ2n) is 4.41. The van der Waals surface area contributed by atoms with E-state index in [2.05, 4.69) is 11.4 Å². The van der Waals surface area contributed by atoms with Crippen molar-refractivity contribution in [3.63, 3.8) is 0 Å². The molecule has 1 atom stereocenters. The highest BCUT2D eigenvalue weighted by molar-refractivity contribution is 5.50. The summed E-state index contributed by atoms with van der Waals surface area (Å²) in [4.78, 5) is 0. The summed E-state index contributed by atoms with van der Waals surface area (Å²) in [7, 11) is 0. The lowest BCUT2D eigenvalue weighted by molar-refractivity contribution is -0.0468. The van der Waals surface area contributed by atoms with Gasteiger partial charge in [0.1, 0.15) is 6.23 Å². The van der Waals surface area contributed by atoms with Gasteiger partial charge in [0, 0.05) is 13.0 Å². The van der Waals surface area contributed by atoms with Gasteiger partial charge in [0.15, 0.2) is 6.29 Å². The fourth-order valence-corrected chi connectivity index (χ4v) is 1.69. The van der Waals surface area contributed by atoms with Gasteiger partial charge in [0.05, 0.1) is 6.07 Å². The van der Waals surface area contributed by atoms with Gasteiger partial charge in [-0.2, -0.15) is 5.26 Å². The zero-order chi connectivity index (χ0) is 14.8. The number of nitrogens with one attached hydrogen (secondary N) is 1. The van der Waals surface area contributed by atoms with Crippen molar-refractivity contribution < 1.29 is 15.3 Å². The number of benzene rings is 1. The molecule has 0 spiro atoms. The van der Waals surface area contributed by atoms with E-state index in [4.69, 9.17) is 15.5 Å². The van der Waals surface area contributed by atoms with E-state index in [1.165, 1.54) is 0 Å². The van der Waals surface area contributed by atoms with Gasteiger partial charge in [0.25, 0.3) is 0 Å². The molecule has 0 bridgehead atoms. The van der Waals surface area contributed by atoms with Gasteiger partial charge in [-0.05, 0) is 30.0 Å². The summed E-state index contributed by atoms with van der Waals surface area (Å²) in [5.74, 6) is 0. The first-order chi connectivity index (χ1) is 9.63. The lowest BCUT2D eigenvalue weighted by Crippen LogP contribution is -2.29. The summed E-state index contributed by atoms with van der Waals surface area (Å²) in [5, 5.41) is 38.3. The average Bonchev–Trinajstić information content (AvgIpc) is 2.45. The molecule has 0 aliphatic rings. The van der Waals surface area contributed by atoms with E-state index in [0.29, 0.717) is 12.0 Å². The fraction of sp³-hybridized carbons (Fsp3) is 0.400. The minimum absolute atomic E-state index is 0.102. The number of unbranched alkanes of at least 4 members (excludes halogenated alkanes) is 2. The smallest absolute Gasteiger partial charge is 0.164 e. The molecule has 1 rings (SSSR count). The second kappa shape index (κ2) is 9.23. The van der Waals surface area contributed by atoms with Crippen LogP contribution in [-0.4, -0.2) is 28.2 Å². The number of nitriles is 1. The van der Waals surface area contributed by atoms with E-state index in [9.17, 15) is 5.11 Å². The highest BCUT2D eigenvalue weighted by Gasteiger charge is 2.08. The lowest BCUT2D eigenvalue weighted by Gasteiger charge is -2.14. The van der Waals surface area contributed by atoms with Crippen LogP contribution in [0.1, 0.15) is 36.6 Å². The Labute approximate surface area is 118 Å². The van der Waals surface area contributed by atoms with Gasteiger partial charge in [0.2, 0.25) is 0 Å². The van der Waals surface area contributed by atoms with Gasteiger partial charge in [-0.3, -0.25) is 5.32 Å². The maximum Gasteiger partial charge on any atom is 0.164 e. The van der Waals surface area contributed by atoms with Crippen LogP contribution in [0, 0.1) is 11.3 Å². The first-order valence-corrected chi connectivity index (χ1v) is 6.54. The average molecular weight is 276 g/mol. The monoisotopic (exact) mass is 276 g/mol. The van der Waals surface area contributed by atoms with Crippen molar-refractivity contribution in [1.82, 2.24) is 5.32 Å². The number of rotatable bonds is 8. The molecule has 0 saturated heterocycles. The van der Waals surface area contributed by atoms with Gasteiger partial charge >= 0.3 is 0 Å². The van der Waals surface area contributed by atoms with Crippen molar-refractivity contribution >= 4 is 6.08 Å². The quantitative estimate of drug-likeness (QED) is 0.424. The third kappa shape index (κ3) is 6.45. The fourth-order valence-electron chi connectivity index (χ4n) is 1.69. The van der Waals surface area contributed by atoms with Crippen molar-refractivity contribution in [1.29, 1.82) is 5.26 Å². The predicted octanol–water partition coefficient (Wildman–Crippen LogP) is 1.28. The van der Waals surface area contributed by atoms with Gasteiger partial charge in [-0.25, -0.2) is 0 Å². The summed E-state index contributed by atoms with van der Waals surface area (Å²) < 4.78 is 0. The maximum atomic E-state index is 9.84. The first-order valence-electron chi connectivity index (χ1n) is 6.54. The van der Waals surface area contributed by atoms with E-state index in [-0.39, 0.29) is 6.54 Å². The summed E-state index contributed by atoms with van der Waals surface area (Å²) in [6.45, 7) is -0.102. The molecular weight excluding hydrogens is 256 g/mol. The Bertz CT molecular complexity index is 466. The number of aliphatic hydroxyl groups is 3. The van der Waals surface area contributed by atoms with Crippen LogP contribution in [0.15, 0.2) is 30.3 Å². The zero-order valence-corrected chi connectivity index (χ0v) is 11.2. The molecule has 5 heteroatoms. The van der Waals surface area contributed by atoms with E-state index in [1.807, 2.05) is 30.4 Å². The third-order valence-corrected chi connectivity index (χ3v) is 2.69. The third-order valence-electron chi connectivity index (χ3n) is 2.69. The summed E-state index contributed by atoms with van der Waals surface area (Å²) in [6.07, 6.45) is 3.73. The van der Waals surface area contributed by atoms with Gasteiger partial charge in [-0.15, -0.1) is 0 Å². The first kappa shape index (κ1) is 16.3. The largest absolute Gasteiger partial charge is 0.374 e. The number of aliphatic hydroxyl groups excluding tert-OH is 2. The number of nitrogens with zero attached hydrogens (tertiary/aromatic N) is 1. The van der Waals surface area contributed by atoms with Crippen LogP contribution < -0.4 is 5.32 Å². The maximum absolute atomic E-state index is 9.84. The van der Waals surface area contributed by atoms with Gasteiger partial charge < -0.3 is 15.3 Å². The number of allylic oxidation sites excluding steroid dienone is 1. The van der Waals surface area contributed by atoms with Gasteiger partial charge in [-0.1, -0.05) is 30.4 Å². The molecule has 0 radical (unpaired) electrons. The normalized spacial score (nSPS) is 12.8. The van der Waals surface area contributed by atoms with Crippen LogP contribution in [0.25, 0.3) is 6.08 Å². The van der Waals surface area contributed by atoms with Crippen molar-refractivity contribution in [2.75, 3.05) is 6.54 Å². The van der Waals surface area contributed by atoms with E-state index >= 15 is 0 Å². The Morgan fingerprint density at radius 2 is 2.10 bits per heavy atom. The molecule has 108 valence electrons. The molecule has 0 heterocycles. The van der Waals surface area contributed by atoms with Crippen molar-refractivity contribution in [3.05, 3.63) is 41.5 Å². The second-order valence-corrected chi connectivity index (χ2v) is 4.41. The molecule has 0 aliphatic carbocycles. The Balaban J connectivity index is 2.54. The molecule has 20 heavy (non-hydrogen) atoms. The number of hydrogen-bond donors (Lipinski definition) is 4. The molecular formula is C15H20N2O3. The molecule has 0 aliphatic heterocycles. The minimum Gasteiger partial charge on any atom is -0.374 e. The summed E-state index contributed by atoms with van der Waals surface area (Å²) in [6, 6.07) is 9.42. The van der Waals surface area contributed by atoms with Crippen molar-refractivity contribution in [2.45, 2.75) is 31.8 Å². The minimum atomic E-state index is -1.49. The molecule has 0 aromatic heterocycles. The SMILES string of the molecule is N#CCCC/C=C\c1cccc(C(O)NCC(O)O)c1. The van der Waals surface area contributed by atoms with Crippen molar-refractivity contribution in [3.8, 4) is 6.07 Å². The molecule has 4 N–H and O–H groups in total. The summed E-state index contributed by atoms with van der Waals surface area (Å²) in [5.41, 5.74) is 1.61. The van der Waals surface area contributed by atoms with Crippen LogP contribution in [-0.2, 0) is 0 Å². The Morgan fingerprint density at radius 3 is 2.80 bits per heavy atom. The zero-order valence-electron chi connectivity index (χ0n) is 11.2. The highest BCUT2D eigenvalue weighted by Crippen LogP contribution is 2.14. The molecule has 5 nitrogen and oxygen atoms in total. The molecule has 0 amide bonds. The Hall–Kier alpha value is -1.71. The van der Waals surface area contributed by atoms with E-state index < -0.39 is 12.5 Å². The molecule has 1 aromatic carbocycles. The molecule has 0 fully saturated rings. The Morgan fingerprint density at radius 1 is 1.30 bits per heavy atom. The van der Waals surface area contributed by atoms with Crippen LogP contribution in [0.5, 0.6) is 0 Å². The van der Waals surface area contributed by atoms with E-state index in [0.717, 1.165) is 18.4 Å². The van der Waals surface area contributed by atoms with Crippen LogP contribution >= 0.6 is 0 Å².